The average molecular weight is 584 g/mol. The molecule has 0 spiro atoms. The van der Waals surface area contributed by atoms with Gasteiger partial charge in [-0.25, -0.2) is 9.59 Å². The fourth-order valence-electron chi connectivity index (χ4n) is 4.70. The van der Waals surface area contributed by atoms with Crippen molar-refractivity contribution in [2.24, 2.45) is 17.8 Å². The van der Waals surface area contributed by atoms with Crippen LogP contribution in [0.1, 0.15) is 39.4 Å². The maximum absolute atomic E-state index is 13.3. The van der Waals surface area contributed by atoms with E-state index in [2.05, 4.69) is 20.7 Å². The summed E-state index contributed by atoms with van der Waals surface area (Å²) in [4.78, 5) is 53.4. The number of hydrogen-bond donors (Lipinski definition) is 5. The van der Waals surface area contributed by atoms with E-state index in [-0.39, 0.29) is 18.0 Å². The number of alkyl halides is 3. The van der Waals surface area contributed by atoms with Crippen molar-refractivity contribution < 1.29 is 47.3 Å². The van der Waals surface area contributed by atoms with E-state index in [0.29, 0.717) is 5.75 Å². The van der Waals surface area contributed by atoms with Crippen molar-refractivity contribution in [3.63, 3.8) is 0 Å². The van der Waals surface area contributed by atoms with Gasteiger partial charge in [0.25, 0.3) is 0 Å². The summed E-state index contributed by atoms with van der Waals surface area (Å²) in [5.41, 5.74) is -2.89. The summed E-state index contributed by atoms with van der Waals surface area (Å²) in [5, 5.41) is 28.9. The Kier molecular flexibility index (Phi) is 8.50. The second-order valence-electron chi connectivity index (χ2n) is 10.0. The maximum Gasteiger partial charge on any atom is 0.451 e. The quantitative estimate of drug-likeness (QED) is 0.272. The summed E-state index contributed by atoms with van der Waals surface area (Å²) in [6, 6.07) is -1.18. The van der Waals surface area contributed by atoms with Gasteiger partial charge in [-0.15, -0.1) is 5.10 Å². The van der Waals surface area contributed by atoms with Crippen molar-refractivity contribution in [1.29, 1.82) is 0 Å². The van der Waals surface area contributed by atoms with Crippen molar-refractivity contribution in [3.05, 3.63) is 5.82 Å². The summed E-state index contributed by atoms with van der Waals surface area (Å²) in [6.45, 7) is 4.89. The van der Waals surface area contributed by atoms with Crippen LogP contribution in [0.3, 0.4) is 0 Å². The highest BCUT2D eigenvalue weighted by molar-refractivity contribution is 7.99. The Morgan fingerprint density at radius 1 is 1.24 bits per heavy atom. The Morgan fingerprint density at radius 3 is 2.39 bits per heavy atom. The smallest absolute Gasteiger partial charge is 0.451 e. The van der Waals surface area contributed by atoms with E-state index >= 15 is 0 Å². The predicted molar refractivity (Wildman–Crippen MR) is 128 cm³/mol. The number of fused-ring (bicyclic) bond motifs is 1. The van der Waals surface area contributed by atoms with Gasteiger partial charge < -0.3 is 25.6 Å². The number of alkyl carbamates (subject to hydrolysis) is 1. The van der Waals surface area contributed by atoms with Crippen molar-refractivity contribution in [2.75, 3.05) is 12.0 Å². The summed E-state index contributed by atoms with van der Waals surface area (Å²) < 4.78 is 43.9. The number of hydrogen-bond acceptors (Lipinski definition) is 9. The maximum atomic E-state index is 13.3. The predicted octanol–water partition coefficient (Wildman–Crippen LogP) is 2.22. The molecule has 0 aliphatic heterocycles. The molecule has 2 amide bonds. The zero-order valence-electron chi connectivity index (χ0n) is 20.8. The van der Waals surface area contributed by atoms with Crippen LogP contribution in [-0.2, 0) is 25.3 Å². The topological polar surface area (TPSA) is 184 Å². The molecule has 2 fully saturated rings. The molecule has 6 atom stereocenters. The number of carbonyl (C=O) groups is 4. The van der Waals surface area contributed by atoms with Crippen molar-refractivity contribution >= 4 is 47.5 Å². The number of nitrogens with zero attached hydrogens (tertiary/aromatic N) is 2. The molecule has 17 heteroatoms. The number of nitrogens with one attached hydrogen (secondary N) is 3. The number of thioether (sulfide) groups is 2. The number of aromatic amines is 1. The van der Waals surface area contributed by atoms with Gasteiger partial charge in [-0.3, -0.25) is 14.7 Å². The molecule has 12 nitrogen and oxygen atoms in total. The van der Waals surface area contributed by atoms with Gasteiger partial charge in [-0.05, 0) is 51.5 Å². The van der Waals surface area contributed by atoms with Crippen LogP contribution in [0.4, 0.5) is 18.0 Å². The lowest BCUT2D eigenvalue weighted by Crippen LogP contribution is -2.61. The van der Waals surface area contributed by atoms with Crippen LogP contribution in [0.15, 0.2) is 5.16 Å². The molecule has 0 unspecified atom stereocenters. The molecule has 2 aliphatic rings. The standard InChI is InChI=1S/C21H28F3N5O7S2/c1-19(2,3)36-18(35)25-8(5-6-37-4)13(30)27-20(16(33)34)7-9(10-11(12(10)20)14(31)32)38-17-26-15(28-29-17)21(22,23)24/h8-12H,5-7H2,1-4H3,(H,25,35)(H,27,30)(H,31,32)(H,33,34)(H,26,28,29)/t8-,9+,10-,11-,12-,20-/m0/s1. The minimum Gasteiger partial charge on any atom is -0.481 e. The van der Waals surface area contributed by atoms with Crippen LogP contribution in [-0.4, -0.2) is 83.8 Å². The van der Waals surface area contributed by atoms with Crippen LogP contribution >= 0.6 is 23.5 Å². The first kappa shape index (κ1) is 29.9. The Hall–Kier alpha value is -2.69. The Bertz CT molecular complexity index is 1100. The van der Waals surface area contributed by atoms with E-state index in [9.17, 15) is 42.6 Å². The molecule has 1 aromatic rings. The van der Waals surface area contributed by atoms with Gasteiger partial charge in [0.05, 0.1) is 5.92 Å². The van der Waals surface area contributed by atoms with Crippen LogP contribution in [0.25, 0.3) is 0 Å². The number of H-pyrrole nitrogens is 1. The summed E-state index contributed by atoms with van der Waals surface area (Å²) >= 11 is 2.11. The molecule has 1 heterocycles. The summed E-state index contributed by atoms with van der Waals surface area (Å²) in [6.07, 6.45) is -4.04. The third-order valence-corrected chi connectivity index (χ3v) is 8.04. The first-order chi connectivity index (χ1) is 17.5. The fourth-order valence-corrected chi connectivity index (χ4v) is 6.53. The summed E-state index contributed by atoms with van der Waals surface area (Å²) in [5.74, 6) is -7.47. The van der Waals surface area contributed by atoms with Gasteiger partial charge >= 0.3 is 24.2 Å². The highest BCUT2D eigenvalue weighted by Crippen LogP contribution is 2.66. The number of aromatic nitrogens is 3. The zero-order chi connectivity index (χ0) is 28.6. The molecule has 212 valence electrons. The van der Waals surface area contributed by atoms with Crippen molar-refractivity contribution in [1.82, 2.24) is 25.8 Å². The third-order valence-electron chi connectivity index (χ3n) is 6.22. The molecule has 38 heavy (non-hydrogen) atoms. The van der Waals surface area contributed by atoms with Gasteiger partial charge in [0.15, 0.2) is 0 Å². The number of ether oxygens (including phenoxy) is 1. The van der Waals surface area contributed by atoms with E-state index in [0.717, 1.165) is 11.8 Å². The van der Waals surface area contributed by atoms with E-state index in [4.69, 9.17) is 4.74 Å². The monoisotopic (exact) mass is 583 g/mol. The zero-order valence-corrected chi connectivity index (χ0v) is 22.4. The van der Waals surface area contributed by atoms with E-state index in [1.807, 2.05) is 0 Å². The second kappa shape index (κ2) is 10.8. The number of carboxylic acid groups (broad SMARTS) is 2. The Balaban J connectivity index is 1.84. The third kappa shape index (κ3) is 6.47. The second-order valence-corrected chi connectivity index (χ2v) is 12.2. The highest BCUT2D eigenvalue weighted by Gasteiger charge is 2.76. The normalized spacial score (nSPS) is 27.2. The van der Waals surface area contributed by atoms with E-state index in [1.165, 1.54) is 11.8 Å². The molecule has 0 aromatic carbocycles. The molecule has 0 bridgehead atoms. The minimum atomic E-state index is -4.78. The molecular weight excluding hydrogens is 555 g/mol. The molecule has 0 radical (unpaired) electrons. The van der Waals surface area contributed by atoms with Crippen LogP contribution in [0.2, 0.25) is 0 Å². The molecule has 1 aromatic heterocycles. The van der Waals surface area contributed by atoms with Crippen LogP contribution in [0, 0.1) is 17.8 Å². The number of rotatable bonds is 10. The van der Waals surface area contributed by atoms with Crippen LogP contribution < -0.4 is 10.6 Å². The van der Waals surface area contributed by atoms with Crippen LogP contribution in [0.5, 0.6) is 0 Å². The molecule has 5 N–H and O–H groups in total. The average Bonchev–Trinajstić information content (AvgIpc) is 3.21. The number of amides is 2. The lowest BCUT2D eigenvalue weighted by Gasteiger charge is -2.32. The number of halogens is 3. The van der Waals surface area contributed by atoms with Gasteiger partial charge in [0, 0.05) is 11.2 Å². The van der Waals surface area contributed by atoms with Gasteiger partial charge in [-0.2, -0.15) is 29.9 Å². The molecule has 3 rings (SSSR count). The minimum absolute atomic E-state index is 0.133. The number of aliphatic carboxylic acids is 2. The molecule has 2 aliphatic carbocycles. The Labute approximate surface area is 223 Å². The number of carbonyl (C=O) groups excluding carboxylic acids is 2. The molecule has 0 saturated heterocycles. The highest BCUT2D eigenvalue weighted by atomic mass is 32.2. The van der Waals surface area contributed by atoms with Gasteiger partial charge in [-0.1, -0.05) is 11.8 Å². The van der Waals surface area contributed by atoms with Crippen molar-refractivity contribution in [3.8, 4) is 0 Å². The number of carboxylic acids is 2. The first-order valence-electron chi connectivity index (χ1n) is 11.4. The Morgan fingerprint density at radius 2 is 1.89 bits per heavy atom. The van der Waals surface area contributed by atoms with Crippen molar-refractivity contribution in [2.45, 2.75) is 67.4 Å². The van der Waals surface area contributed by atoms with E-state index in [1.54, 1.807) is 32.1 Å². The lowest BCUT2D eigenvalue weighted by atomic mass is 9.89. The molecule has 2 saturated carbocycles. The largest absolute Gasteiger partial charge is 0.481 e. The SMILES string of the molecule is CSCC[C@H](NC(=O)OC(C)(C)C)C(=O)N[C@@]1(C(=O)O)C[C@@H](Sc2n[nH]c(C(F)(F)F)n2)[C@H]2[C@H](C(=O)O)[C@H]21. The first-order valence-corrected chi connectivity index (χ1v) is 13.7. The summed E-state index contributed by atoms with van der Waals surface area (Å²) in [7, 11) is 0. The van der Waals surface area contributed by atoms with Gasteiger partial charge in [0.1, 0.15) is 17.2 Å². The van der Waals surface area contributed by atoms with Gasteiger partial charge in [0.2, 0.25) is 16.9 Å². The lowest BCUT2D eigenvalue weighted by molar-refractivity contribution is -0.150. The molecular formula is C21H28F3N5O7S2. The van der Waals surface area contributed by atoms with E-state index < -0.39 is 76.1 Å². The fraction of sp³-hybridized carbons (Fsp3) is 0.714.